The van der Waals surface area contributed by atoms with Gasteiger partial charge in [0.2, 0.25) is 5.91 Å². The van der Waals surface area contributed by atoms with E-state index in [2.05, 4.69) is 17.0 Å². The van der Waals surface area contributed by atoms with E-state index in [4.69, 9.17) is 9.47 Å². The smallest absolute Gasteiger partial charge is 0.248 e. The first kappa shape index (κ1) is 19.3. The molecule has 138 valence electrons. The van der Waals surface area contributed by atoms with Gasteiger partial charge in [-0.15, -0.1) is 0 Å². The van der Waals surface area contributed by atoms with E-state index in [1.165, 1.54) is 6.08 Å². The van der Waals surface area contributed by atoms with Gasteiger partial charge < -0.3 is 14.8 Å². The lowest BCUT2D eigenvalue weighted by molar-refractivity contribution is -0.111. The fraction of sp³-hybridized carbons (Fsp3) is 0.300. The number of anilines is 1. The van der Waals surface area contributed by atoms with E-state index >= 15 is 0 Å². The van der Waals surface area contributed by atoms with Crippen molar-refractivity contribution in [3.05, 3.63) is 54.9 Å². The summed E-state index contributed by atoms with van der Waals surface area (Å²) in [5.41, 5.74) is 1.35. The van der Waals surface area contributed by atoms with Crippen LogP contribution in [-0.4, -0.2) is 29.4 Å². The van der Waals surface area contributed by atoms with Crippen LogP contribution in [-0.2, 0) is 10.3 Å². The van der Waals surface area contributed by atoms with Gasteiger partial charge in [-0.3, -0.25) is 9.48 Å². The molecule has 1 aromatic heterocycles. The number of amides is 1. The molecule has 1 heterocycles. The Bertz CT molecular complexity index is 801. The van der Waals surface area contributed by atoms with E-state index in [9.17, 15) is 4.79 Å². The van der Waals surface area contributed by atoms with Crippen LogP contribution in [0, 0.1) is 0 Å². The monoisotopic (exact) mass is 355 g/mol. The van der Waals surface area contributed by atoms with E-state index in [1.807, 2.05) is 26.8 Å². The quantitative estimate of drug-likeness (QED) is 0.605. The molecular formula is C20H25N3O3. The number of nitrogens with one attached hydrogen (secondary N) is 1. The average molecular weight is 355 g/mol. The minimum Gasteiger partial charge on any atom is -0.493 e. The number of nitrogens with zero attached hydrogens (tertiary/aromatic N) is 2. The third kappa shape index (κ3) is 5.24. The van der Waals surface area contributed by atoms with Crippen LogP contribution >= 0.6 is 0 Å². The molecule has 2 rings (SSSR count). The maximum atomic E-state index is 12.1. The second-order valence-electron chi connectivity index (χ2n) is 6.68. The Morgan fingerprint density at radius 1 is 1.35 bits per heavy atom. The summed E-state index contributed by atoms with van der Waals surface area (Å²) in [7, 11) is 1.57. The average Bonchev–Trinajstić information content (AvgIpc) is 3.07. The second-order valence-corrected chi connectivity index (χ2v) is 6.68. The first-order chi connectivity index (χ1) is 12.3. The zero-order valence-electron chi connectivity index (χ0n) is 15.7. The topological polar surface area (TPSA) is 65.4 Å². The van der Waals surface area contributed by atoms with Crippen LogP contribution in [0.3, 0.4) is 0 Å². The highest BCUT2D eigenvalue weighted by Crippen LogP contribution is 2.28. The highest BCUT2D eigenvalue weighted by molar-refractivity contribution is 6.01. The van der Waals surface area contributed by atoms with Crippen molar-refractivity contribution in [3.8, 4) is 11.5 Å². The minimum absolute atomic E-state index is 0.134. The number of hydrogen-bond donors (Lipinski definition) is 1. The minimum atomic E-state index is -0.232. The molecule has 0 aliphatic heterocycles. The van der Waals surface area contributed by atoms with Crippen molar-refractivity contribution in [2.75, 3.05) is 19.0 Å². The largest absolute Gasteiger partial charge is 0.493 e. The Balaban J connectivity index is 2.03. The number of hydrogen-bond acceptors (Lipinski definition) is 4. The third-order valence-electron chi connectivity index (χ3n) is 3.51. The van der Waals surface area contributed by atoms with Crippen molar-refractivity contribution in [3.63, 3.8) is 0 Å². The maximum absolute atomic E-state index is 12.1. The summed E-state index contributed by atoms with van der Waals surface area (Å²) in [6, 6.07) is 5.45. The molecule has 0 aliphatic rings. The van der Waals surface area contributed by atoms with Crippen LogP contribution in [0.2, 0.25) is 0 Å². The predicted octanol–water partition coefficient (Wildman–Crippen LogP) is 3.86. The summed E-state index contributed by atoms with van der Waals surface area (Å²) >= 11 is 0. The maximum Gasteiger partial charge on any atom is 0.248 e. The first-order valence-electron chi connectivity index (χ1n) is 8.29. The van der Waals surface area contributed by atoms with Crippen molar-refractivity contribution in [2.24, 2.45) is 0 Å². The van der Waals surface area contributed by atoms with Crippen LogP contribution < -0.4 is 14.8 Å². The van der Waals surface area contributed by atoms with Crippen LogP contribution in [0.5, 0.6) is 11.5 Å². The van der Waals surface area contributed by atoms with Crippen LogP contribution in [0.1, 0.15) is 26.3 Å². The zero-order valence-corrected chi connectivity index (χ0v) is 15.7. The SMILES string of the molecule is C=CCOc1ccc(/C=C/C(=O)Nc2cnn(C(C)(C)C)c2)cc1OC. The van der Waals surface area contributed by atoms with Gasteiger partial charge in [0.25, 0.3) is 0 Å². The van der Waals surface area contributed by atoms with Crippen molar-refractivity contribution in [2.45, 2.75) is 26.3 Å². The first-order valence-corrected chi connectivity index (χ1v) is 8.29. The summed E-state index contributed by atoms with van der Waals surface area (Å²) in [6.07, 6.45) is 8.28. The van der Waals surface area contributed by atoms with E-state index in [0.717, 1.165) is 5.56 Å². The molecule has 6 heteroatoms. The van der Waals surface area contributed by atoms with Crippen molar-refractivity contribution >= 4 is 17.7 Å². The highest BCUT2D eigenvalue weighted by atomic mass is 16.5. The molecule has 2 aromatic rings. The lowest BCUT2D eigenvalue weighted by Gasteiger charge is -2.18. The normalized spacial score (nSPS) is 11.4. The summed E-state index contributed by atoms with van der Waals surface area (Å²) in [5, 5.41) is 7.05. The number of methoxy groups -OCH3 is 1. The lowest BCUT2D eigenvalue weighted by Crippen LogP contribution is -2.22. The van der Waals surface area contributed by atoms with Gasteiger partial charge in [-0.2, -0.15) is 5.10 Å². The summed E-state index contributed by atoms with van der Waals surface area (Å²) in [6.45, 7) is 10.1. The Hall–Kier alpha value is -3.02. The van der Waals surface area contributed by atoms with Gasteiger partial charge in [-0.25, -0.2) is 0 Å². The number of ether oxygens (including phenoxy) is 2. The molecule has 0 radical (unpaired) electrons. The number of carbonyl (C=O) groups is 1. The van der Waals surface area contributed by atoms with Gasteiger partial charge in [0, 0.05) is 12.3 Å². The van der Waals surface area contributed by atoms with Gasteiger partial charge in [0.1, 0.15) is 6.61 Å². The molecule has 0 saturated carbocycles. The molecule has 1 amide bonds. The van der Waals surface area contributed by atoms with Gasteiger partial charge in [0.05, 0.1) is 24.5 Å². The van der Waals surface area contributed by atoms with Gasteiger partial charge in [0.15, 0.2) is 11.5 Å². The Morgan fingerprint density at radius 3 is 2.73 bits per heavy atom. The zero-order chi connectivity index (χ0) is 19.2. The van der Waals surface area contributed by atoms with Crippen molar-refractivity contribution in [1.82, 2.24) is 9.78 Å². The molecule has 6 nitrogen and oxygen atoms in total. The number of benzene rings is 1. The summed E-state index contributed by atoms with van der Waals surface area (Å²) in [5.74, 6) is 0.994. The third-order valence-corrected chi connectivity index (χ3v) is 3.51. The van der Waals surface area contributed by atoms with Gasteiger partial charge in [-0.1, -0.05) is 18.7 Å². The Kier molecular flexibility index (Phi) is 6.22. The Labute approximate surface area is 154 Å². The fourth-order valence-electron chi connectivity index (χ4n) is 2.17. The van der Waals surface area contributed by atoms with E-state index in [1.54, 1.807) is 48.5 Å². The molecule has 1 aromatic carbocycles. The lowest BCUT2D eigenvalue weighted by atomic mass is 10.1. The standard InChI is InChI=1S/C20H25N3O3/c1-6-11-26-17-9-7-15(12-18(17)25-5)8-10-19(24)22-16-13-21-23(14-16)20(2,3)4/h6-10,12-14H,1,11H2,2-5H3,(H,22,24)/b10-8+. The van der Waals surface area contributed by atoms with Crippen LogP contribution in [0.25, 0.3) is 6.08 Å². The van der Waals surface area contributed by atoms with Gasteiger partial charge in [-0.05, 0) is 44.5 Å². The second kappa shape index (κ2) is 8.38. The van der Waals surface area contributed by atoms with E-state index < -0.39 is 0 Å². The van der Waals surface area contributed by atoms with Crippen molar-refractivity contribution < 1.29 is 14.3 Å². The van der Waals surface area contributed by atoms with E-state index in [0.29, 0.717) is 23.8 Å². The highest BCUT2D eigenvalue weighted by Gasteiger charge is 2.14. The fourth-order valence-corrected chi connectivity index (χ4v) is 2.17. The molecular weight excluding hydrogens is 330 g/mol. The van der Waals surface area contributed by atoms with E-state index in [-0.39, 0.29) is 11.4 Å². The molecule has 0 spiro atoms. The number of carbonyl (C=O) groups excluding carboxylic acids is 1. The number of aromatic nitrogens is 2. The number of rotatable bonds is 7. The molecule has 0 unspecified atom stereocenters. The molecule has 26 heavy (non-hydrogen) atoms. The molecule has 1 N–H and O–H groups in total. The van der Waals surface area contributed by atoms with Crippen LogP contribution in [0.15, 0.2) is 49.3 Å². The predicted molar refractivity (Wildman–Crippen MR) is 104 cm³/mol. The molecule has 0 atom stereocenters. The summed E-state index contributed by atoms with van der Waals surface area (Å²) in [4.78, 5) is 12.1. The summed E-state index contributed by atoms with van der Waals surface area (Å²) < 4.78 is 12.6. The molecule has 0 aliphatic carbocycles. The molecule has 0 fully saturated rings. The van der Waals surface area contributed by atoms with Crippen LogP contribution in [0.4, 0.5) is 5.69 Å². The molecule has 0 bridgehead atoms. The Morgan fingerprint density at radius 2 is 2.12 bits per heavy atom. The molecule has 0 saturated heterocycles. The van der Waals surface area contributed by atoms with Gasteiger partial charge >= 0.3 is 0 Å². The van der Waals surface area contributed by atoms with Crippen molar-refractivity contribution in [1.29, 1.82) is 0 Å².